The van der Waals surface area contributed by atoms with E-state index in [-0.39, 0.29) is 63.6 Å². The number of nitrogens with zero attached hydrogens (tertiary/aromatic N) is 1. The third kappa shape index (κ3) is 16.1. The van der Waals surface area contributed by atoms with Crippen molar-refractivity contribution in [3.05, 3.63) is 0 Å². The minimum Gasteiger partial charge on any atom is -0.354 e. The molecular formula is C27H49N3O5S2. The predicted octanol–water partition coefficient (Wildman–Crippen LogP) is 4.41. The first-order chi connectivity index (χ1) is 16.9. The van der Waals surface area contributed by atoms with Crippen molar-refractivity contribution in [2.24, 2.45) is 11.8 Å². The minimum atomic E-state index is -0.591. The molecule has 0 fully saturated rings. The van der Waals surface area contributed by atoms with Crippen molar-refractivity contribution in [1.29, 1.82) is 0 Å². The molecule has 0 radical (unpaired) electrons. The van der Waals surface area contributed by atoms with E-state index in [1.54, 1.807) is 49.4 Å². The summed E-state index contributed by atoms with van der Waals surface area (Å²) >= 11 is 0. The number of nitrogens with one attached hydrogen (secondary N) is 2. The summed E-state index contributed by atoms with van der Waals surface area (Å²) in [4.78, 5) is 62.0. The Labute approximate surface area is 232 Å². The topological polar surface area (TPSA) is 113 Å². The molecule has 8 nitrogen and oxygen atoms in total. The Balaban J connectivity index is 4.33. The molecule has 0 unspecified atom stereocenters. The lowest BCUT2D eigenvalue weighted by molar-refractivity contribution is -0.135. The van der Waals surface area contributed by atoms with Crippen LogP contribution < -0.4 is 10.6 Å². The number of likely N-dealkylation sites (N-methyl/N-ethyl adjacent to an activating group) is 1. The zero-order chi connectivity index (χ0) is 29.0. The fraction of sp³-hybridized carbons (Fsp3) is 0.815. The number of carbonyl (C=O) groups excluding carboxylic acids is 5. The Bertz CT molecular complexity index is 797. The van der Waals surface area contributed by atoms with Crippen LogP contribution in [-0.2, 0) is 24.0 Å². The third-order valence-electron chi connectivity index (χ3n) is 5.74. The summed E-state index contributed by atoms with van der Waals surface area (Å²) in [5.74, 6) is -0.686. The lowest BCUT2D eigenvalue weighted by Gasteiger charge is -2.30. The van der Waals surface area contributed by atoms with E-state index >= 15 is 0 Å². The fourth-order valence-corrected chi connectivity index (χ4v) is 5.70. The van der Waals surface area contributed by atoms with Gasteiger partial charge in [0.15, 0.2) is 5.78 Å². The molecule has 0 aliphatic heterocycles. The summed E-state index contributed by atoms with van der Waals surface area (Å²) in [5, 5.41) is 5.61. The summed E-state index contributed by atoms with van der Waals surface area (Å²) in [6, 6.07) is -0.591. The van der Waals surface area contributed by atoms with E-state index in [2.05, 4.69) is 38.3 Å². The maximum Gasteiger partial charge on any atom is 0.240 e. The Morgan fingerprint density at radius 2 is 1.38 bits per heavy atom. The van der Waals surface area contributed by atoms with Crippen molar-refractivity contribution in [2.45, 2.75) is 110 Å². The van der Waals surface area contributed by atoms with Gasteiger partial charge in [0, 0.05) is 54.2 Å². The molecule has 1 atom stereocenters. The Hall–Kier alpha value is -1.55. The molecule has 37 heavy (non-hydrogen) atoms. The Kier molecular flexibility index (Phi) is 15.7. The van der Waals surface area contributed by atoms with Gasteiger partial charge in [-0.05, 0) is 47.5 Å². The largest absolute Gasteiger partial charge is 0.354 e. The lowest BCUT2D eigenvalue weighted by Crippen LogP contribution is -2.45. The molecule has 0 aliphatic carbocycles. The smallest absolute Gasteiger partial charge is 0.240 e. The van der Waals surface area contributed by atoms with Gasteiger partial charge < -0.3 is 15.5 Å². The molecule has 0 saturated carbocycles. The van der Waals surface area contributed by atoms with Crippen LogP contribution in [0.3, 0.4) is 0 Å². The van der Waals surface area contributed by atoms with Crippen molar-refractivity contribution in [2.75, 3.05) is 20.1 Å². The molecule has 0 saturated heterocycles. The molecule has 0 aromatic heterocycles. The van der Waals surface area contributed by atoms with E-state index in [1.165, 1.54) is 4.90 Å². The molecule has 0 bridgehead atoms. The molecule has 214 valence electrons. The second kappa shape index (κ2) is 16.4. The van der Waals surface area contributed by atoms with Crippen LogP contribution in [0.5, 0.6) is 0 Å². The van der Waals surface area contributed by atoms with Crippen LogP contribution in [0.2, 0.25) is 0 Å². The zero-order valence-corrected chi connectivity index (χ0v) is 26.1. The van der Waals surface area contributed by atoms with Gasteiger partial charge >= 0.3 is 0 Å². The second-order valence-electron chi connectivity index (χ2n) is 11.5. The van der Waals surface area contributed by atoms with E-state index in [4.69, 9.17) is 0 Å². The maximum atomic E-state index is 12.4. The first kappa shape index (κ1) is 35.5. The van der Waals surface area contributed by atoms with Gasteiger partial charge in [-0.3, -0.25) is 24.0 Å². The number of ketones is 2. The van der Waals surface area contributed by atoms with Crippen molar-refractivity contribution in [3.63, 3.8) is 0 Å². The first-order valence-corrected chi connectivity index (χ1v) is 15.2. The van der Waals surface area contributed by atoms with E-state index in [0.717, 1.165) is 6.42 Å². The summed E-state index contributed by atoms with van der Waals surface area (Å²) in [7, 11) is 4.99. The highest BCUT2D eigenvalue weighted by molar-refractivity contribution is 8.77. The third-order valence-corrected chi connectivity index (χ3v) is 10.0. The second-order valence-corrected chi connectivity index (χ2v) is 15.1. The summed E-state index contributed by atoms with van der Waals surface area (Å²) in [6.45, 7) is 17.8. The van der Waals surface area contributed by atoms with E-state index in [0.29, 0.717) is 25.8 Å². The highest BCUT2D eigenvalue weighted by Gasteiger charge is 2.27. The molecule has 0 aromatic rings. The standard InChI is InChI=1S/C27H49N3O5S2/c1-18(2)24(34)20(5)29-22(32)16-30(10)23(33)13-11-12-21(31)14-15-26(6,7)36-37-27(8,9)17-28-25(35)19(3)4/h18-20H,11-17H2,1-10H3,(H,28,35)(H,29,32)/t20-/m0/s1. The number of amides is 3. The minimum absolute atomic E-state index is 0.0403. The number of carbonyl (C=O) groups is 5. The number of hydrogen-bond acceptors (Lipinski definition) is 7. The quantitative estimate of drug-likeness (QED) is 0.239. The van der Waals surface area contributed by atoms with Crippen LogP contribution >= 0.6 is 21.6 Å². The SMILES string of the molecule is CC(C)C(=O)NCC(C)(C)SSC(C)(C)CCC(=O)CCCC(=O)N(C)CC(=O)N[C@@H](C)C(=O)C(C)C. The maximum absolute atomic E-state index is 12.4. The van der Waals surface area contributed by atoms with Gasteiger partial charge in [-0.15, -0.1) is 0 Å². The predicted molar refractivity (Wildman–Crippen MR) is 154 cm³/mol. The van der Waals surface area contributed by atoms with Crippen LogP contribution in [0, 0.1) is 11.8 Å². The van der Waals surface area contributed by atoms with Crippen LogP contribution in [0.15, 0.2) is 0 Å². The highest BCUT2D eigenvalue weighted by atomic mass is 33.1. The van der Waals surface area contributed by atoms with Crippen LogP contribution in [0.1, 0.15) is 94.4 Å². The average molecular weight is 560 g/mol. The molecule has 3 amide bonds. The number of Topliss-reactive ketones (excluding diaryl/α,β-unsaturated/α-hetero) is 2. The summed E-state index contributed by atoms with van der Waals surface area (Å²) < 4.78 is -0.251. The van der Waals surface area contributed by atoms with Gasteiger partial charge in [0.25, 0.3) is 0 Å². The van der Waals surface area contributed by atoms with E-state index < -0.39 is 6.04 Å². The molecule has 0 aromatic carbocycles. The van der Waals surface area contributed by atoms with Gasteiger partial charge in [-0.1, -0.05) is 49.3 Å². The summed E-state index contributed by atoms with van der Waals surface area (Å²) in [5.41, 5.74) is 0. The molecule has 2 N–H and O–H groups in total. The first-order valence-electron chi connectivity index (χ1n) is 13.1. The summed E-state index contributed by atoms with van der Waals surface area (Å²) in [6.07, 6.45) is 2.13. The normalized spacial score (nSPS) is 12.9. The van der Waals surface area contributed by atoms with E-state index in [9.17, 15) is 24.0 Å². The molecule has 10 heteroatoms. The van der Waals surface area contributed by atoms with Crippen LogP contribution in [0.25, 0.3) is 0 Å². The molecule has 0 rings (SSSR count). The lowest BCUT2D eigenvalue weighted by atomic mass is 10.0. The molecule has 0 spiro atoms. The Morgan fingerprint density at radius 1 is 0.811 bits per heavy atom. The van der Waals surface area contributed by atoms with Crippen molar-refractivity contribution < 1.29 is 24.0 Å². The molecule has 0 aliphatic rings. The zero-order valence-electron chi connectivity index (χ0n) is 24.5. The monoisotopic (exact) mass is 559 g/mol. The van der Waals surface area contributed by atoms with Crippen LogP contribution in [0.4, 0.5) is 0 Å². The fourth-order valence-electron chi connectivity index (χ4n) is 3.16. The highest BCUT2D eigenvalue weighted by Crippen LogP contribution is 2.45. The van der Waals surface area contributed by atoms with Gasteiger partial charge in [0.05, 0.1) is 12.6 Å². The van der Waals surface area contributed by atoms with Crippen molar-refractivity contribution in [3.8, 4) is 0 Å². The van der Waals surface area contributed by atoms with Gasteiger partial charge in [0.1, 0.15) is 5.78 Å². The average Bonchev–Trinajstić information content (AvgIpc) is 2.79. The molecule has 0 heterocycles. The Morgan fingerprint density at radius 3 is 1.92 bits per heavy atom. The van der Waals surface area contributed by atoms with Gasteiger partial charge in [-0.25, -0.2) is 0 Å². The van der Waals surface area contributed by atoms with Crippen molar-refractivity contribution >= 4 is 50.9 Å². The molecular weight excluding hydrogens is 510 g/mol. The van der Waals surface area contributed by atoms with Crippen LogP contribution in [-0.4, -0.2) is 69.9 Å². The van der Waals surface area contributed by atoms with Gasteiger partial charge in [0.2, 0.25) is 17.7 Å². The number of hydrogen-bond donors (Lipinski definition) is 2. The van der Waals surface area contributed by atoms with Crippen molar-refractivity contribution in [1.82, 2.24) is 15.5 Å². The van der Waals surface area contributed by atoms with Gasteiger partial charge in [-0.2, -0.15) is 0 Å². The van der Waals surface area contributed by atoms with E-state index in [1.807, 2.05) is 13.8 Å². The number of rotatable bonds is 18.